The second-order valence-electron chi connectivity index (χ2n) is 6.58. The first kappa shape index (κ1) is 19.4. The normalized spacial score (nSPS) is 10.7. The van der Waals surface area contributed by atoms with Crippen molar-refractivity contribution < 1.29 is 19.1 Å². The maximum Gasteiger partial charge on any atom is 0.356 e. The summed E-state index contributed by atoms with van der Waals surface area (Å²) < 4.78 is 12.2. The number of hydrogen-bond acceptors (Lipinski definition) is 5. The molecule has 2 aromatic heterocycles. The number of benzene rings is 2. The molecule has 4 rings (SSSR count). The molecule has 0 bridgehead atoms. The van der Waals surface area contributed by atoms with E-state index in [0.29, 0.717) is 16.8 Å². The van der Waals surface area contributed by atoms with Gasteiger partial charge in [0.2, 0.25) is 0 Å². The highest BCUT2D eigenvalue weighted by Crippen LogP contribution is 2.28. The SMILES string of the molecule is CCOC(=O)c1cccc2c(C(=O)OCc3ccccc3)c(-c3ccccc3)nn12. The standard InChI is InChI=1S/C24H20N2O4/c1-2-29-23(27)20-15-9-14-19-21(24(28)30-16-17-10-5-3-6-11-17)22(25-26(19)20)18-12-7-4-8-13-18/h3-15H,2,16H2,1H3. The van der Waals surface area contributed by atoms with Gasteiger partial charge in [0.15, 0.2) is 5.69 Å². The lowest BCUT2D eigenvalue weighted by atomic mass is 10.1. The third kappa shape index (κ3) is 3.80. The molecule has 0 saturated heterocycles. The number of fused-ring (bicyclic) bond motifs is 1. The van der Waals surface area contributed by atoms with Crippen LogP contribution in [0, 0.1) is 0 Å². The van der Waals surface area contributed by atoms with Crippen LogP contribution in [-0.4, -0.2) is 28.2 Å². The summed E-state index contributed by atoms with van der Waals surface area (Å²) in [5, 5.41) is 4.58. The Kier molecular flexibility index (Phi) is 5.57. The van der Waals surface area contributed by atoms with Crippen LogP contribution in [0.5, 0.6) is 0 Å². The molecule has 6 heteroatoms. The van der Waals surface area contributed by atoms with Gasteiger partial charge in [0.25, 0.3) is 0 Å². The highest BCUT2D eigenvalue weighted by Gasteiger charge is 2.25. The molecule has 0 amide bonds. The molecule has 0 fully saturated rings. The molecule has 0 aliphatic carbocycles. The van der Waals surface area contributed by atoms with Crippen molar-refractivity contribution in [3.8, 4) is 11.3 Å². The second-order valence-corrected chi connectivity index (χ2v) is 6.58. The van der Waals surface area contributed by atoms with E-state index >= 15 is 0 Å². The molecule has 0 spiro atoms. The third-order valence-corrected chi connectivity index (χ3v) is 4.61. The van der Waals surface area contributed by atoms with Crippen LogP contribution >= 0.6 is 0 Å². The topological polar surface area (TPSA) is 69.9 Å². The van der Waals surface area contributed by atoms with Crippen LogP contribution in [0.2, 0.25) is 0 Å². The Labute approximate surface area is 173 Å². The van der Waals surface area contributed by atoms with Crippen molar-refractivity contribution in [2.24, 2.45) is 0 Å². The number of aromatic nitrogens is 2. The Morgan fingerprint density at radius 3 is 2.23 bits per heavy atom. The van der Waals surface area contributed by atoms with Gasteiger partial charge in [-0.05, 0) is 24.6 Å². The van der Waals surface area contributed by atoms with Crippen LogP contribution in [-0.2, 0) is 16.1 Å². The number of nitrogens with zero attached hydrogens (tertiary/aromatic N) is 2. The zero-order chi connectivity index (χ0) is 20.9. The monoisotopic (exact) mass is 400 g/mol. The van der Waals surface area contributed by atoms with E-state index in [0.717, 1.165) is 11.1 Å². The maximum absolute atomic E-state index is 13.1. The number of esters is 2. The molecule has 4 aromatic rings. The fourth-order valence-electron chi connectivity index (χ4n) is 3.22. The van der Waals surface area contributed by atoms with E-state index in [1.54, 1.807) is 25.1 Å². The van der Waals surface area contributed by atoms with Gasteiger partial charge in [0, 0.05) is 5.56 Å². The van der Waals surface area contributed by atoms with E-state index in [1.807, 2.05) is 60.7 Å². The Bertz CT molecular complexity index is 1180. The lowest BCUT2D eigenvalue weighted by Crippen LogP contribution is -2.11. The number of carbonyl (C=O) groups excluding carboxylic acids is 2. The van der Waals surface area contributed by atoms with Gasteiger partial charge >= 0.3 is 11.9 Å². The van der Waals surface area contributed by atoms with Crippen LogP contribution in [0.3, 0.4) is 0 Å². The largest absolute Gasteiger partial charge is 0.461 e. The number of carbonyl (C=O) groups is 2. The molecule has 2 heterocycles. The first-order valence-electron chi connectivity index (χ1n) is 9.64. The maximum atomic E-state index is 13.1. The summed E-state index contributed by atoms with van der Waals surface area (Å²) in [7, 11) is 0. The van der Waals surface area contributed by atoms with Crippen molar-refractivity contribution in [2.75, 3.05) is 6.61 Å². The number of rotatable bonds is 6. The summed E-state index contributed by atoms with van der Waals surface area (Å²) in [5.41, 5.74) is 3.12. The van der Waals surface area contributed by atoms with Crippen molar-refractivity contribution in [1.82, 2.24) is 9.61 Å². The van der Waals surface area contributed by atoms with Gasteiger partial charge in [-0.25, -0.2) is 14.1 Å². The summed E-state index contributed by atoms with van der Waals surface area (Å²) in [4.78, 5) is 25.5. The molecule has 0 radical (unpaired) electrons. The zero-order valence-corrected chi connectivity index (χ0v) is 16.4. The summed E-state index contributed by atoms with van der Waals surface area (Å²) in [6.45, 7) is 2.12. The van der Waals surface area contributed by atoms with Gasteiger partial charge in [-0.2, -0.15) is 5.10 Å². The minimum Gasteiger partial charge on any atom is -0.461 e. The van der Waals surface area contributed by atoms with E-state index in [2.05, 4.69) is 5.10 Å². The third-order valence-electron chi connectivity index (χ3n) is 4.61. The van der Waals surface area contributed by atoms with Gasteiger partial charge in [-0.3, -0.25) is 0 Å². The lowest BCUT2D eigenvalue weighted by molar-refractivity contribution is 0.0473. The van der Waals surface area contributed by atoms with Gasteiger partial charge in [-0.1, -0.05) is 66.7 Å². The molecule has 0 unspecified atom stereocenters. The first-order valence-corrected chi connectivity index (χ1v) is 9.64. The molecule has 30 heavy (non-hydrogen) atoms. The van der Waals surface area contributed by atoms with Crippen molar-refractivity contribution in [3.63, 3.8) is 0 Å². The molecule has 2 aromatic carbocycles. The van der Waals surface area contributed by atoms with Gasteiger partial charge in [0.1, 0.15) is 17.9 Å². The highest BCUT2D eigenvalue weighted by atomic mass is 16.5. The Balaban J connectivity index is 1.80. The van der Waals surface area contributed by atoms with Crippen LogP contribution in [0.25, 0.3) is 16.8 Å². The van der Waals surface area contributed by atoms with Gasteiger partial charge in [0.05, 0.1) is 12.1 Å². The van der Waals surface area contributed by atoms with Crippen LogP contribution in [0.15, 0.2) is 78.9 Å². The molecular weight excluding hydrogens is 380 g/mol. The molecule has 0 aliphatic heterocycles. The quantitative estimate of drug-likeness (QED) is 0.445. The summed E-state index contributed by atoms with van der Waals surface area (Å²) >= 11 is 0. The average molecular weight is 400 g/mol. The number of pyridine rings is 1. The molecule has 6 nitrogen and oxygen atoms in total. The average Bonchev–Trinajstić information content (AvgIpc) is 3.19. The van der Waals surface area contributed by atoms with E-state index in [-0.39, 0.29) is 18.9 Å². The van der Waals surface area contributed by atoms with E-state index in [9.17, 15) is 9.59 Å². The zero-order valence-electron chi connectivity index (χ0n) is 16.4. The Morgan fingerprint density at radius 2 is 1.53 bits per heavy atom. The van der Waals surface area contributed by atoms with Gasteiger partial charge in [-0.15, -0.1) is 0 Å². The van der Waals surface area contributed by atoms with Crippen LogP contribution < -0.4 is 0 Å². The minimum absolute atomic E-state index is 0.142. The van der Waals surface area contributed by atoms with Crippen LogP contribution in [0.4, 0.5) is 0 Å². The fourth-order valence-corrected chi connectivity index (χ4v) is 3.22. The molecular formula is C24H20N2O4. The van der Waals surface area contributed by atoms with E-state index in [4.69, 9.17) is 9.47 Å². The van der Waals surface area contributed by atoms with Gasteiger partial charge < -0.3 is 9.47 Å². The van der Waals surface area contributed by atoms with Crippen molar-refractivity contribution in [2.45, 2.75) is 13.5 Å². The molecule has 150 valence electrons. The van der Waals surface area contributed by atoms with Crippen molar-refractivity contribution in [3.05, 3.63) is 95.7 Å². The number of ether oxygens (including phenoxy) is 2. The predicted molar refractivity (Wildman–Crippen MR) is 112 cm³/mol. The molecule has 0 N–H and O–H groups in total. The van der Waals surface area contributed by atoms with Crippen molar-refractivity contribution >= 4 is 17.5 Å². The fraction of sp³-hybridized carbons (Fsp3) is 0.125. The summed E-state index contributed by atoms with van der Waals surface area (Å²) in [6.07, 6.45) is 0. The highest BCUT2D eigenvalue weighted by molar-refractivity contribution is 6.04. The Hall–Kier alpha value is -3.93. The predicted octanol–water partition coefficient (Wildman–Crippen LogP) is 4.54. The smallest absolute Gasteiger partial charge is 0.356 e. The first-order chi connectivity index (χ1) is 14.7. The summed E-state index contributed by atoms with van der Waals surface area (Å²) in [5.74, 6) is -1.01. The van der Waals surface area contributed by atoms with E-state index < -0.39 is 11.9 Å². The second kappa shape index (κ2) is 8.61. The minimum atomic E-state index is -0.506. The molecule has 0 atom stereocenters. The number of hydrogen-bond donors (Lipinski definition) is 0. The van der Waals surface area contributed by atoms with Crippen LogP contribution in [0.1, 0.15) is 33.3 Å². The van der Waals surface area contributed by atoms with Crippen molar-refractivity contribution in [1.29, 1.82) is 0 Å². The Morgan fingerprint density at radius 1 is 0.833 bits per heavy atom. The molecule has 0 aliphatic rings. The summed E-state index contributed by atoms with van der Waals surface area (Å²) in [6, 6.07) is 23.9. The lowest BCUT2D eigenvalue weighted by Gasteiger charge is -2.06. The molecule has 0 saturated carbocycles. The van der Waals surface area contributed by atoms with E-state index in [1.165, 1.54) is 4.52 Å².